The predicted molar refractivity (Wildman–Crippen MR) is 123 cm³/mol. The Balaban J connectivity index is 1.56. The van der Waals surface area contributed by atoms with Crippen molar-refractivity contribution in [3.8, 4) is 23.1 Å². The van der Waals surface area contributed by atoms with Gasteiger partial charge in [0.1, 0.15) is 11.5 Å². The van der Waals surface area contributed by atoms with Crippen LogP contribution >= 0.6 is 0 Å². The van der Waals surface area contributed by atoms with E-state index in [4.69, 9.17) is 4.74 Å². The number of nitrogens with one attached hydrogen (secondary N) is 1. The maximum Gasteiger partial charge on any atom is 0.573 e. The van der Waals surface area contributed by atoms with Crippen LogP contribution < -0.4 is 20.5 Å². The first-order valence-electron chi connectivity index (χ1n) is 10.4. The Morgan fingerprint density at radius 2 is 1.72 bits per heavy atom. The number of nitrogens with zero attached hydrogens (tertiary/aromatic N) is 3. The van der Waals surface area contributed by atoms with Crippen LogP contribution in [0.4, 0.5) is 18.9 Å². The highest BCUT2D eigenvalue weighted by molar-refractivity contribution is 6.04. The summed E-state index contributed by atoms with van der Waals surface area (Å²) in [4.78, 5) is 29.7. The number of anilines is 1. The molecule has 0 radical (unpaired) electrons. The molecular formula is C24H19F3N4O5. The van der Waals surface area contributed by atoms with Crippen molar-refractivity contribution in [3.63, 3.8) is 0 Å². The van der Waals surface area contributed by atoms with Gasteiger partial charge in [-0.2, -0.15) is 0 Å². The monoisotopic (exact) mass is 500 g/mol. The van der Waals surface area contributed by atoms with Crippen molar-refractivity contribution in [1.29, 1.82) is 0 Å². The molecule has 0 saturated heterocycles. The number of hydrogen-bond donors (Lipinski definition) is 2. The van der Waals surface area contributed by atoms with Gasteiger partial charge < -0.3 is 19.9 Å². The summed E-state index contributed by atoms with van der Waals surface area (Å²) in [5.74, 6) is -0.699. The van der Waals surface area contributed by atoms with E-state index in [1.807, 2.05) is 0 Å². The third kappa shape index (κ3) is 5.49. The van der Waals surface area contributed by atoms with Crippen LogP contribution in [0.25, 0.3) is 5.69 Å². The summed E-state index contributed by atoms with van der Waals surface area (Å²) in [5.41, 5.74) is 0.741. The molecule has 0 fully saturated rings. The van der Waals surface area contributed by atoms with Gasteiger partial charge in [-0.25, -0.2) is 9.36 Å². The van der Waals surface area contributed by atoms with Gasteiger partial charge in [-0.05, 0) is 60.2 Å². The molecule has 186 valence electrons. The molecule has 36 heavy (non-hydrogen) atoms. The molecule has 0 atom stereocenters. The molecule has 2 aromatic carbocycles. The summed E-state index contributed by atoms with van der Waals surface area (Å²) in [6, 6.07) is 12.6. The van der Waals surface area contributed by atoms with E-state index in [0.717, 1.165) is 16.7 Å². The minimum atomic E-state index is -4.85. The molecule has 9 nitrogen and oxygen atoms in total. The number of ether oxygens (including phenoxy) is 2. The summed E-state index contributed by atoms with van der Waals surface area (Å²) in [6.45, 7) is -0.0323. The molecule has 0 spiro atoms. The van der Waals surface area contributed by atoms with Gasteiger partial charge in [0.05, 0.1) is 37.4 Å². The first-order valence-corrected chi connectivity index (χ1v) is 10.4. The minimum absolute atomic E-state index is 0.0323. The molecule has 2 N–H and O–H groups in total. The van der Waals surface area contributed by atoms with Crippen molar-refractivity contribution in [2.45, 2.75) is 12.9 Å². The van der Waals surface area contributed by atoms with Gasteiger partial charge in [0, 0.05) is 11.8 Å². The number of amides is 1. The Hall–Kier alpha value is -4.74. The van der Waals surface area contributed by atoms with Gasteiger partial charge in [-0.15, -0.1) is 13.2 Å². The highest BCUT2D eigenvalue weighted by atomic mass is 19.4. The molecule has 2 heterocycles. The lowest BCUT2D eigenvalue weighted by atomic mass is 10.1. The molecule has 0 aliphatic carbocycles. The average Bonchev–Trinajstić information content (AvgIpc) is 3.12. The number of benzene rings is 2. The fourth-order valence-corrected chi connectivity index (χ4v) is 3.43. The van der Waals surface area contributed by atoms with Crippen LogP contribution in [0.1, 0.15) is 15.9 Å². The van der Waals surface area contributed by atoms with Crippen molar-refractivity contribution in [2.75, 3.05) is 12.4 Å². The maximum atomic E-state index is 13.0. The van der Waals surface area contributed by atoms with Crippen LogP contribution in [-0.2, 0) is 6.54 Å². The van der Waals surface area contributed by atoms with E-state index < -0.39 is 29.6 Å². The van der Waals surface area contributed by atoms with E-state index in [2.05, 4.69) is 15.0 Å². The number of halogens is 3. The van der Waals surface area contributed by atoms with E-state index in [1.165, 1.54) is 42.4 Å². The Bertz CT molecular complexity index is 1430. The summed E-state index contributed by atoms with van der Waals surface area (Å²) < 4.78 is 48.2. The van der Waals surface area contributed by atoms with E-state index in [0.29, 0.717) is 22.6 Å². The number of carbonyl (C=O) groups is 1. The quantitative estimate of drug-likeness (QED) is 0.398. The molecule has 12 heteroatoms. The number of imidazole rings is 1. The molecule has 0 saturated carbocycles. The highest BCUT2D eigenvalue weighted by Crippen LogP contribution is 2.25. The van der Waals surface area contributed by atoms with Gasteiger partial charge in [0.2, 0.25) is 5.88 Å². The molecule has 0 aliphatic heterocycles. The van der Waals surface area contributed by atoms with Gasteiger partial charge in [0.15, 0.2) is 0 Å². The van der Waals surface area contributed by atoms with Crippen LogP contribution in [0.15, 0.2) is 78.0 Å². The largest absolute Gasteiger partial charge is 0.573 e. The van der Waals surface area contributed by atoms with Crippen LogP contribution in [0, 0.1) is 0 Å². The highest BCUT2D eigenvalue weighted by Gasteiger charge is 2.31. The van der Waals surface area contributed by atoms with E-state index >= 15 is 0 Å². The first-order chi connectivity index (χ1) is 17.1. The van der Waals surface area contributed by atoms with E-state index in [9.17, 15) is 27.9 Å². The van der Waals surface area contributed by atoms with E-state index in [-0.39, 0.29) is 12.2 Å². The number of hydrogen-bond acceptors (Lipinski definition) is 6. The Morgan fingerprint density at radius 1 is 1.06 bits per heavy atom. The second kappa shape index (κ2) is 9.86. The van der Waals surface area contributed by atoms with Gasteiger partial charge >= 0.3 is 12.1 Å². The standard InChI is InChI=1S/C24H19F3N4O5/c1-35-18-6-2-15(3-7-18)22(33)29-20-12-28-11-10-16(20)13-30-14-21(32)31(23(30)34)17-4-8-19(9-5-17)36-24(25,26)27/h2-12,14,32H,13H2,1H3,(H,29,33). The van der Waals surface area contributed by atoms with Crippen LogP contribution in [0.3, 0.4) is 0 Å². The number of carbonyl (C=O) groups excluding carboxylic acids is 1. The molecule has 4 rings (SSSR count). The number of rotatable bonds is 7. The summed E-state index contributed by atoms with van der Waals surface area (Å²) in [5, 5.41) is 13.1. The average molecular weight is 500 g/mol. The lowest BCUT2D eigenvalue weighted by molar-refractivity contribution is -0.274. The number of methoxy groups -OCH3 is 1. The van der Waals surface area contributed by atoms with Gasteiger partial charge in [-0.3, -0.25) is 14.3 Å². The number of aromatic hydroxyl groups is 1. The van der Waals surface area contributed by atoms with Crippen molar-refractivity contribution < 1.29 is 32.5 Å². The Kier molecular flexibility index (Phi) is 6.68. The van der Waals surface area contributed by atoms with Crippen molar-refractivity contribution >= 4 is 11.6 Å². The smallest absolute Gasteiger partial charge is 0.497 e. The third-order valence-electron chi connectivity index (χ3n) is 5.12. The number of alkyl halides is 3. The van der Waals surface area contributed by atoms with Crippen molar-refractivity contribution in [2.24, 2.45) is 0 Å². The van der Waals surface area contributed by atoms with Gasteiger partial charge in [-0.1, -0.05) is 0 Å². The van der Waals surface area contributed by atoms with Crippen molar-refractivity contribution in [1.82, 2.24) is 14.1 Å². The minimum Gasteiger partial charge on any atom is -0.497 e. The normalized spacial score (nSPS) is 11.2. The Labute approximate surface area is 202 Å². The lowest BCUT2D eigenvalue weighted by Crippen LogP contribution is -2.24. The SMILES string of the molecule is COc1ccc(C(=O)Nc2cnccc2Cn2cc(O)n(-c3ccc(OC(F)(F)F)cc3)c2=O)cc1. The molecule has 2 aromatic heterocycles. The molecule has 4 aromatic rings. The van der Waals surface area contributed by atoms with Crippen LogP contribution in [0.5, 0.6) is 17.4 Å². The number of pyridine rings is 1. The van der Waals surface area contributed by atoms with E-state index in [1.54, 1.807) is 30.3 Å². The summed E-state index contributed by atoms with van der Waals surface area (Å²) >= 11 is 0. The topological polar surface area (TPSA) is 108 Å². The van der Waals surface area contributed by atoms with Crippen LogP contribution in [-0.4, -0.2) is 38.6 Å². The third-order valence-corrected chi connectivity index (χ3v) is 5.12. The van der Waals surface area contributed by atoms with Crippen LogP contribution in [0.2, 0.25) is 0 Å². The second-order valence-electron chi connectivity index (χ2n) is 7.49. The fourth-order valence-electron chi connectivity index (χ4n) is 3.43. The Morgan fingerprint density at radius 3 is 2.36 bits per heavy atom. The van der Waals surface area contributed by atoms with Crippen molar-refractivity contribution in [3.05, 3.63) is 94.8 Å². The molecule has 0 aliphatic rings. The zero-order valence-corrected chi connectivity index (χ0v) is 18.7. The lowest BCUT2D eigenvalue weighted by Gasteiger charge is -2.11. The fraction of sp³-hybridized carbons (Fsp3) is 0.125. The summed E-state index contributed by atoms with van der Waals surface area (Å²) in [6.07, 6.45) is -0.759. The molecule has 1 amide bonds. The van der Waals surface area contributed by atoms with Gasteiger partial charge in [0.25, 0.3) is 5.91 Å². The number of aromatic nitrogens is 3. The molecule has 0 bridgehead atoms. The second-order valence-corrected chi connectivity index (χ2v) is 7.49. The predicted octanol–water partition coefficient (Wildman–Crippen LogP) is 3.95. The zero-order chi connectivity index (χ0) is 25.9. The summed E-state index contributed by atoms with van der Waals surface area (Å²) in [7, 11) is 1.52. The molecule has 0 unspecified atom stereocenters. The maximum absolute atomic E-state index is 13.0. The first kappa shape index (κ1) is 24.4. The molecular weight excluding hydrogens is 481 g/mol. The zero-order valence-electron chi connectivity index (χ0n) is 18.7.